The monoisotopic (exact) mass is 324 g/mol. The van der Waals surface area contributed by atoms with Gasteiger partial charge >= 0.3 is 0 Å². The Balaban J connectivity index is 1.56. The first kappa shape index (κ1) is 15.0. The molecule has 1 fully saturated rings. The first-order valence-corrected chi connectivity index (χ1v) is 8.08. The Kier molecular flexibility index (Phi) is 3.87. The van der Waals surface area contributed by atoms with Crippen LogP contribution in [0.4, 0.5) is 0 Å². The van der Waals surface area contributed by atoms with Gasteiger partial charge in [0.25, 0.3) is 5.89 Å². The smallest absolute Gasteiger partial charge is 0.257 e. The van der Waals surface area contributed by atoms with Crippen LogP contribution in [0.1, 0.15) is 17.6 Å². The van der Waals surface area contributed by atoms with Gasteiger partial charge in [-0.3, -0.25) is 4.90 Å². The van der Waals surface area contributed by atoms with Crippen LogP contribution in [0.5, 0.6) is 0 Å². The van der Waals surface area contributed by atoms with Crippen molar-refractivity contribution >= 4 is 0 Å². The van der Waals surface area contributed by atoms with Crippen LogP contribution in [-0.4, -0.2) is 51.5 Å². The molecule has 1 atom stereocenters. The van der Waals surface area contributed by atoms with E-state index < -0.39 is 0 Å². The highest BCUT2D eigenvalue weighted by Crippen LogP contribution is 2.23. The van der Waals surface area contributed by atoms with Gasteiger partial charge in [0, 0.05) is 31.4 Å². The first-order valence-electron chi connectivity index (χ1n) is 8.08. The number of nitrogens with zero attached hydrogens (tertiary/aromatic N) is 5. The van der Waals surface area contributed by atoms with Gasteiger partial charge in [0.15, 0.2) is 5.82 Å². The number of hydrogen-bond acceptors (Lipinski definition) is 6. The number of aryl methyl sites for hydroxylation is 1. The number of hydrogen-bond donors (Lipinski definition) is 1. The maximum absolute atomic E-state index is 5.46. The fourth-order valence-corrected chi connectivity index (χ4v) is 2.90. The second kappa shape index (κ2) is 6.18. The lowest BCUT2D eigenvalue weighted by atomic mass is 10.2. The second-order valence-electron chi connectivity index (χ2n) is 6.11. The van der Waals surface area contributed by atoms with Crippen LogP contribution in [0.3, 0.4) is 0 Å². The number of benzene rings is 1. The number of nitrogens with one attached hydrogen (secondary N) is 1. The third-order valence-electron chi connectivity index (χ3n) is 4.35. The van der Waals surface area contributed by atoms with Crippen molar-refractivity contribution in [2.45, 2.75) is 13.0 Å². The minimum absolute atomic E-state index is 0.155. The third kappa shape index (κ3) is 2.83. The zero-order valence-electron chi connectivity index (χ0n) is 13.8. The third-order valence-corrected chi connectivity index (χ3v) is 4.35. The summed E-state index contributed by atoms with van der Waals surface area (Å²) in [6.07, 6.45) is 1.95. The molecule has 1 aliphatic heterocycles. The van der Waals surface area contributed by atoms with Crippen molar-refractivity contribution < 1.29 is 4.52 Å². The van der Waals surface area contributed by atoms with E-state index >= 15 is 0 Å². The SMILES string of the molecule is Cc1ccn(-c2ccc(-c3nc(C4CNCCN4C)no3)cc2)n1. The predicted octanol–water partition coefficient (Wildman–Crippen LogP) is 1.81. The molecule has 7 nitrogen and oxygen atoms in total. The van der Waals surface area contributed by atoms with E-state index in [9.17, 15) is 0 Å². The molecule has 1 unspecified atom stereocenters. The molecule has 1 aromatic carbocycles. The number of piperazine rings is 1. The van der Waals surface area contributed by atoms with E-state index in [-0.39, 0.29) is 6.04 Å². The number of likely N-dealkylation sites (N-methyl/N-ethyl adjacent to an activating group) is 1. The molecule has 1 aliphatic rings. The Bertz CT molecular complexity index is 822. The van der Waals surface area contributed by atoms with Crippen LogP contribution in [0.25, 0.3) is 17.1 Å². The molecule has 4 rings (SSSR count). The quantitative estimate of drug-likeness (QED) is 0.792. The van der Waals surface area contributed by atoms with Gasteiger partial charge in [0.1, 0.15) is 0 Å². The van der Waals surface area contributed by atoms with Crippen molar-refractivity contribution in [3.63, 3.8) is 0 Å². The average Bonchev–Trinajstić information content (AvgIpc) is 3.25. The Labute approximate surface area is 140 Å². The summed E-state index contributed by atoms with van der Waals surface area (Å²) in [6, 6.07) is 10.1. The molecule has 24 heavy (non-hydrogen) atoms. The summed E-state index contributed by atoms with van der Waals surface area (Å²) >= 11 is 0. The van der Waals surface area contributed by atoms with E-state index in [0.29, 0.717) is 5.89 Å². The summed E-state index contributed by atoms with van der Waals surface area (Å²) in [5.74, 6) is 1.28. The van der Waals surface area contributed by atoms with Crippen molar-refractivity contribution in [2.75, 3.05) is 26.7 Å². The fourth-order valence-electron chi connectivity index (χ4n) is 2.90. The van der Waals surface area contributed by atoms with Crippen LogP contribution in [0.15, 0.2) is 41.1 Å². The molecule has 7 heteroatoms. The van der Waals surface area contributed by atoms with E-state index in [1.807, 2.05) is 48.1 Å². The van der Waals surface area contributed by atoms with Crippen molar-refractivity contribution in [1.82, 2.24) is 30.1 Å². The zero-order chi connectivity index (χ0) is 16.5. The van der Waals surface area contributed by atoms with Crippen LogP contribution < -0.4 is 5.32 Å². The first-order chi connectivity index (χ1) is 11.7. The fraction of sp³-hybridized carbons (Fsp3) is 0.353. The van der Waals surface area contributed by atoms with Gasteiger partial charge in [-0.2, -0.15) is 10.1 Å². The molecule has 0 saturated carbocycles. The minimum atomic E-state index is 0.155. The summed E-state index contributed by atoms with van der Waals surface area (Å²) in [7, 11) is 2.09. The molecular formula is C17H20N6O. The van der Waals surface area contributed by atoms with Crippen LogP contribution >= 0.6 is 0 Å². The molecule has 3 aromatic rings. The molecule has 2 aromatic heterocycles. The average molecular weight is 324 g/mol. The largest absolute Gasteiger partial charge is 0.334 e. The second-order valence-corrected chi connectivity index (χ2v) is 6.11. The topological polar surface area (TPSA) is 72.0 Å². The van der Waals surface area contributed by atoms with Crippen molar-refractivity contribution in [2.24, 2.45) is 0 Å². The molecule has 1 N–H and O–H groups in total. The van der Waals surface area contributed by atoms with Crippen molar-refractivity contribution in [3.8, 4) is 17.1 Å². The molecule has 0 amide bonds. The standard InChI is InChI=1S/C17H20N6O/c1-12-7-9-23(20-12)14-5-3-13(4-6-14)17-19-16(21-24-17)15-11-18-8-10-22(15)2/h3-7,9,15,18H,8,10-11H2,1-2H3. The Hall–Kier alpha value is -2.51. The van der Waals surface area contributed by atoms with Crippen LogP contribution in [-0.2, 0) is 0 Å². The minimum Gasteiger partial charge on any atom is -0.334 e. The highest BCUT2D eigenvalue weighted by molar-refractivity contribution is 5.55. The maximum atomic E-state index is 5.46. The van der Waals surface area contributed by atoms with Gasteiger partial charge in [-0.05, 0) is 44.3 Å². The highest BCUT2D eigenvalue weighted by Gasteiger charge is 2.25. The molecule has 0 spiro atoms. The lowest BCUT2D eigenvalue weighted by Gasteiger charge is -2.30. The van der Waals surface area contributed by atoms with E-state index in [2.05, 4.69) is 32.5 Å². The summed E-state index contributed by atoms with van der Waals surface area (Å²) in [4.78, 5) is 6.82. The van der Waals surface area contributed by atoms with E-state index in [0.717, 1.165) is 42.4 Å². The number of aromatic nitrogens is 4. The Morgan fingerprint density at radius 3 is 2.75 bits per heavy atom. The Morgan fingerprint density at radius 2 is 2.04 bits per heavy atom. The summed E-state index contributed by atoms with van der Waals surface area (Å²) in [5.41, 5.74) is 2.90. The van der Waals surface area contributed by atoms with Gasteiger partial charge in [0.2, 0.25) is 0 Å². The summed E-state index contributed by atoms with van der Waals surface area (Å²) in [6.45, 7) is 4.79. The molecule has 0 aliphatic carbocycles. The van der Waals surface area contributed by atoms with Crippen molar-refractivity contribution in [1.29, 1.82) is 0 Å². The molecule has 3 heterocycles. The molecule has 1 saturated heterocycles. The maximum Gasteiger partial charge on any atom is 0.257 e. The predicted molar refractivity (Wildman–Crippen MR) is 89.8 cm³/mol. The normalized spacial score (nSPS) is 18.8. The summed E-state index contributed by atoms with van der Waals surface area (Å²) < 4.78 is 7.31. The molecule has 0 bridgehead atoms. The lowest BCUT2D eigenvalue weighted by Crippen LogP contribution is -2.44. The van der Waals surface area contributed by atoms with Gasteiger partial charge in [-0.15, -0.1) is 0 Å². The highest BCUT2D eigenvalue weighted by atomic mass is 16.5. The van der Waals surface area contributed by atoms with Gasteiger partial charge in [0.05, 0.1) is 17.4 Å². The molecule has 124 valence electrons. The van der Waals surface area contributed by atoms with Gasteiger partial charge in [-0.1, -0.05) is 5.16 Å². The zero-order valence-corrected chi connectivity index (χ0v) is 13.8. The summed E-state index contributed by atoms with van der Waals surface area (Å²) in [5, 5.41) is 11.9. The molecule has 0 radical (unpaired) electrons. The Morgan fingerprint density at radius 1 is 1.21 bits per heavy atom. The van der Waals surface area contributed by atoms with Gasteiger partial charge in [-0.25, -0.2) is 4.68 Å². The lowest BCUT2D eigenvalue weighted by molar-refractivity contribution is 0.190. The van der Waals surface area contributed by atoms with E-state index in [4.69, 9.17) is 4.52 Å². The molecular weight excluding hydrogens is 304 g/mol. The van der Waals surface area contributed by atoms with Crippen LogP contribution in [0.2, 0.25) is 0 Å². The van der Waals surface area contributed by atoms with E-state index in [1.54, 1.807) is 0 Å². The van der Waals surface area contributed by atoms with E-state index in [1.165, 1.54) is 0 Å². The van der Waals surface area contributed by atoms with Gasteiger partial charge < -0.3 is 9.84 Å². The van der Waals surface area contributed by atoms with Crippen molar-refractivity contribution in [3.05, 3.63) is 48.0 Å². The van der Waals surface area contributed by atoms with Crippen LogP contribution in [0, 0.1) is 6.92 Å². The number of rotatable bonds is 3.